The molecular weight excluding hydrogens is 441 g/mol. The predicted octanol–water partition coefficient (Wildman–Crippen LogP) is 3.78. The van der Waals surface area contributed by atoms with E-state index in [0.717, 1.165) is 16.7 Å². The lowest BCUT2D eigenvalue weighted by Crippen LogP contribution is -2.13. The molecule has 2 aromatic heterocycles. The molecule has 0 radical (unpaired) electrons. The molecule has 1 aliphatic heterocycles. The van der Waals surface area contributed by atoms with Crippen LogP contribution in [0.1, 0.15) is 24.2 Å². The van der Waals surface area contributed by atoms with Crippen LogP contribution in [0.5, 0.6) is 5.75 Å². The number of ether oxygens (including phenoxy) is 1. The average Bonchev–Trinajstić information content (AvgIpc) is 3.22. The van der Waals surface area contributed by atoms with Gasteiger partial charge in [0.2, 0.25) is 0 Å². The molecule has 9 heteroatoms. The molecular formula is C24H22FN5O2S. The standard InChI is InChI=1S/C24H22FN5O2S/c1-14-20-10-17(25)4-6-19(20)24-28-7-8-30(24)13-15-3-5-18(33(2,27)31)11-21(15)16-9-22(32-14)23(26)29-12-16/h3-12,14H,2,13H2,1H3,(H2,26,29)(H2,27,31). The van der Waals surface area contributed by atoms with Crippen molar-refractivity contribution in [3.05, 3.63) is 78.0 Å². The number of aromatic nitrogens is 3. The molecule has 0 saturated heterocycles. The van der Waals surface area contributed by atoms with Crippen molar-refractivity contribution >= 4 is 21.4 Å². The second-order valence-electron chi connectivity index (χ2n) is 8.02. The van der Waals surface area contributed by atoms with E-state index in [-0.39, 0.29) is 11.6 Å². The highest BCUT2D eigenvalue weighted by atomic mass is 32.2. The molecule has 5 rings (SSSR count). The molecule has 4 aromatic rings. The summed E-state index contributed by atoms with van der Waals surface area (Å²) in [6.45, 7) is 2.28. The molecule has 2 aromatic carbocycles. The van der Waals surface area contributed by atoms with Gasteiger partial charge in [-0.3, -0.25) is 5.14 Å². The second kappa shape index (κ2) is 7.72. The Morgan fingerprint density at radius 3 is 2.79 bits per heavy atom. The SMILES string of the molecule is C=S(N)(=O)c1ccc2c(c1)-c1cnc(N)c(c1)OC(C)c1cc(F)ccc1-c1nccn1C2. The Morgan fingerprint density at radius 2 is 2.00 bits per heavy atom. The van der Waals surface area contributed by atoms with E-state index in [1.165, 1.54) is 12.1 Å². The summed E-state index contributed by atoms with van der Waals surface area (Å²) >= 11 is 0. The molecule has 2 atom stereocenters. The first kappa shape index (κ1) is 21.2. The van der Waals surface area contributed by atoms with Crippen LogP contribution in [-0.4, -0.2) is 24.6 Å². The number of benzene rings is 2. The van der Waals surface area contributed by atoms with Crippen LogP contribution in [0.15, 0.2) is 66.0 Å². The summed E-state index contributed by atoms with van der Waals surface area (Å²) in [7, 11) is -2.92. The summed E-state index contributed by atoms with van der Waals surface area (Å²) < 4.78 is 34.8. The summed E-state index contributed by atoms with van der Waals surface area (Å²) in [5, 5.41) is 5.82. The molecule has 0 saturated carbocycles. The maximum absolute atomic E-state index is 14.2. The van der Waals surface area contributed by atoms with Gasteiger partial charge in [-0.25, -0.2) is 18.6 Å². The first-order chi connectivity index (χ1) is 15.7. The third-order valence-electron chi connectivity index (χ3n) is 5.73. The molecule has 1 aliphatic rings. The van der Waals surface area contributed by atoms with Crippen molar-refractivity contribution in [2.24, 2.45) is 5.14 Å². The number of halogens is 1. The molecule has 4 N–H and O–H groups in total. The number of nitrogens with two attached hydrogens (primary N) is 2. The molecule has 0 aliphatic carbocycles. The van der Waals surface area contributed by atoms with E-state index >= 15 is 0 Å². The van der Waals surface area contributed by atoms with Gasteiger partial charge >= 0.3 is 0 Å². The van der Waals surface area contributed by atoms with Gasteiger partial charge in [0.05, 0.1) is 9.71 Å². The van der Waals surface area contributed by atoms with Crippen LogP contribution in [0.4, 0.5) is 10.2 Å². The summed E-state index contributed by atoms with van der Waals surface area (Å²) in [4.78, 5) is 9.27. The normalized spacial score (nSPS) is 16.8. The van der Waals surface area contributed by atoms with Crippen molar-refractivity contribution in [1.82, 2.24) is 14.5 Å². The molecule has 0 spiro atoms. The molecule has 33 heavy (non-hydrogen) atoms. The fraction of sp³-hybridized carbons (Fsp3) is 0.125. The predicted molar refractivity (Wildman–Crippen MR) is 128 cm³/mol. The summed E-state index contributed by atoms with van der Waals surface area (Å²) in [6, 6.07) is 11.7. The first-order valence-electron chi connectivity index (χ1n) is 10.2. The van der Waals surface area contributed by atoms with Gasteiger partial charge in [-0.05, 0) is 60.3 Å². The molecule has 0 fully saturated rings. The lowest BCUT2D eigenvalue weighted by molar-refractivity contribution is 0.227. The average molecular weight is 464 g/mol. The maximum atomic E-state index is 14.2. The first-order valence-corrected chi connectivity index (χ1v) is 12.0. The Morgan fingerprint density at radius 1 is 1.18 bits per heavy atom. The van der Waals surface area contributed by atoms with Crippen molar-refractivity contribution < 1.29 is 13.3 Å². The van der Waals surface area contributed by atoms with Gasteiger partial charge < -0.3 is 15.0 Å². The molecule has 0 amide bonds. The smallest absolute Gasteiger partial charge is 0.166 e. The monoisotopic (exact) mass is 463 g/mol. The summed E-state index contributed by atoms with van der Waals surface area (Å²) in [5.41, 5.74) is 9.90. The van der Waals surface area contributed by atoms with Gasteiger partial charge in [-0.1, -0.05) is 6.07 Å². The molecule has 168 valence electrons. The number of hydrogen-bond donors (Lipinski definition) is 2. The molecule has 7 nitrogen and oxygen atoms in total. The number of nitrogens with zero attached hydrogens (tertiary/aromatic N) is 3. The Hall–Kier alpha value is -3.69. The second-order valence-corrected chi connectivity index (χ2v) is 9.95. The number of pyridine rings is 1. The Labute approximate surface area is 191 Å². The van der Waals surface area contributed by atoms with Crippen LogP contribution in [0, 0.1) is 5.82 Å². The van der Waals surface area contributed by atoms with Gasteiger partial charge in [0, 0.05) is 46.7 Å². The van der Waals surface area contributed by atoms with Crippen LogP contribution >= 0.6 is 0 Å². The summed E-state index contributed by atoms with van der Waals surface area (Å²) in [5.74, 6) is 4.48. The van der Waals surface area contributed by atoms with Gasteiger partial charge in [0.25, 0.3) is 0 Å². The number of anilines is 1. The fourth-order valence-corrected chi connectivity index (χ4v) is 4.68. The third-order valence-corrected chi connectivity index (χ3v) is 6.78. The topological polar surface area (TPSA) is 109 Å². The molecule has 3 heterocycles. The van der Waals surface area contributed by atoms with E-state index in [2.05, 4.69) is 15.8 Å². The highest BCUT2D eigenvalue weighted by Gasteiger charge is 2.22. The Bertz CT molecular complexity index is 1500. The van der Waals surface area contributed by atoms with E-state index in [4.69, 9.17) is 15.6 Å². The van der Waals surface area contributed by atoms with Crippen molar-refractivity contribution in [2.75, 3.05) is 5.73 Å². The number of imidazole rings is 1. The third kappa shape index (κ3) is 3.85. The zero-order valence-electron chi connectivity index (χ0n) is 17.9. The van der Waals surface area contributed by atoms with Gasteiger partial charge in [-0.15, -0.1) is 0 Å². The largest absolute Gasteiger partial charge is 0.482 e. The van der Waals surface area contributed by atoms with E-state index in [0.29, 0.717) is 34.1 Å². The number of fused-ring (bicyclic) bond motifs is 7. The van der Waals surface area contributed by atoms with Gasteiger partial charge in [-0.2, -0.15) is 0 Å². The Kier molecular flexibility index (Phi) is 4.95. The summed E-state index contributed by atoms with van der Waals surface area (Å²) in [6.07, 6.45) is 4.65. The van der Waals surface area contributed by atoms with Crippen LogP contribution in [0.2, 0.25) is 0 Å². The zero-order valence-corrected chi connectivity index (χ0v) is 18.7. The van der Waals surface area contributed by atoms with Crippen LogP contribution in [0.25, 0.3) is 22.5 Å². The minimum Gasteiger partial charge on any atom is -0.482 e. The van der Waals surface area contributed by atoms with E-state index < -0.39 is 15.8 Å². The maximum Gasteiger partial charge on any atom is 0.166 e. The highest BCUT2D eigenvalue weighted by molar-refractivity contribution is 7.98. The molecule has 2 unspecified atom stereocenters. The van der Waals surface area contributed by atoms with Crippen molar-refractivity contribution in [3.8, 4) is 28.3 Å². The lowest BCUT2D eigenvalue weighted by Gasteiger charge is -2.22. The number of nitrogen functional groups attached to an aromatic ring is 1. The minimum absolute atomic E-state index is 0.208. The minimum atomic E-state index is -2.92. The fourth-order valence-electron chi connectivity index (χ4n) is 4.07. The van der Waals surface area contributed by atoms with Crippen molar-refractivity contribution in [1.29, 1.82) is 0 Å². The molecule has 2 bridgehead atoms. The zero-order chi connectivity index (χ0) is 23.3. The van der Waals surface area contributed by atoms with E-state index in [1.54, 1.807) is 36.7 Å². The Balaban J connectivity index is 1.80. The lowest BCUT2D eigenvalue weighted by atomic mass is 9.99. The highest BCUT2D eigenvalue weighted by Crippen LogP contribution is 2.37. The van der Waals surface area contributed by atoms with E-state index in [1.807, 2.05) is 23.8 Å². The van der Waals surface area contributed by atoms with Gasteiger partial charge in [0.15, 0.2) is 11.6 Å². The van der Waals surface area contributed by atoms with Crippen molar-refractivity contribution in [3.63, 3.8) is 0 Å². The van der Waals surface area contributed by atoms with Gasteiger partial charge in [0.1, 0.15) is 17.7 Å². The number of rotatable bonds is 1. The van der Waals surface area contributed by atoms with Crippen LogP contribution in [0.3, 0.4) is 0 Å². The quantitative estimate of drug-likeness (QED) is 0.418. The van der Waals surface area contributed by atoms with E-state index in [9.17, 15) is 8.60 Å². The van der Waals surface area contributed by atoms with Crippen LogP contribution < -0.4 is 15.6 Å². The van der Waals surface area contributed by atoms with Crippen molar-refractivity contribution in [2.45, 2.75) is 24.5 Å². The number of hydrogen-bond acceptors (Lipinski definition) is 5. The van der Waals surface area contributed by atoms with Crippen LogP contribution in [-0.2, 0) is 16.3 Å².